The zero-order valence-electron chi connectivity index (χ0n) is 11.8. The third-order valence-electron chi connectivity index (χ3n) is 3.74. The Balaban J connectivity index is 2.25. The van der Waals surface area contributed by atoms with Crippen LogP contribution in [0.2, 0.25) is 0 Å². The highest BCUT2D eigenvalue weighted by molar-refractivity contribution is 5.92. The molecule has 1 heterocycles. The van der Waals surface area contributed by atoms with Gasteiger partial charge in [0, 0.05) is 17.4 Å². The molecule has 1 aromatic heterocycles. The summed E-state index contributed by atoms with van der Waals surface area (Å²) in [6, 6.07) is 15.7. The van der Waals surface area contributed by atoms with Crippen LogP contribution in [0, 0.1) is 0 Å². The summed E-state index contributed by atoms with van der Waals surface area (Å²) in [4.78, 5) is 11.1. The Hall–Kier alpha value is -2.79. The van der Waals surface area contributed by atoms with Crippen LogP contribution in [-0.4, -0.2) is 27.1 Å². The molecule has 0 aliphatic heterocycles. The first kappa shape index (κ1) is 14.2. The molecule has 0 aliphatic rings. The van der Waals surface area contributed by atoms with Gasteiger partial charge in [-0.1, -0.05) is 48.5 Å². The number of hydrogen-bond acceptors (Lipinski definition) is 3. The summed E-state index contributed by atoms with van der Waals surface area (Å²) >= 11 is 0. The number of nitrogens with zero attached hydrogens (tertiary/aromatic N) is 1. The van der Waals surface area contributed by atoms with Crippen molar-refractivity contribution in [3.05, 3.63) is 60.2 Å². The molecule has 4 N–H and O–H groups in total. The van der Waals surface area contributed by atoms with Crippen molar-refractivity contribution in [3.63, 3.8) is 0 Å². The van der Waals surface area contributed by atoms with Crippen LogP contribution >= 0.6 is 0 Å². The van der Waals surface area contributed by atoms with Gasteiger partial charge in [-0.25, -0.2) is 0 Å². The summed E-state index contributed by atoms with van der Waals surface area (Å²) in [6.07, 6.45) is 0.146. The van der Waals surface area contributed by atoms with Gasteiger partial charge in [0.15, 0.2) is 0 Å². The zero-order valence-corrected chi connectivity index (χ0v) is 11.8. The van der Waals surface area contributed by atoms with Gasteiger partial charge >= 0.3 is 5.97 Å². The molecule has 112 valence electrons. The fourth-order valence-corrected chi connectivity index (χ4v) is 2.70. The number of aliphatic carboxylic acids is 1. The maximum absolute atomic E-state index is 11.1. The first-order chi connectivity index (χ1) is 10.6. The number of carboxylic acid groups (broad SMARTS) is 1. The van der Waals surface area contributed by atoms with E-state index < -0.39 is 12.0 Å². The molecule has 1 unspecified atom stereocenters. The largest absolute Gasteiger partial charge is 0.480 e. The molecule has 0 fully saturated rings. The van der Waals surface area contributed by atoms with E-state index in [0.29, 0.717) is 11.2 Å². The molecular weight excluding hydrogens is 280 g/mol. The smallest absolute Gasteiger partial charge is 0.320 e. The Kier molecular flexibility index (Phi) is 3.56. The topological polar surface area (TPSA) is 88.5 Å². The summed E-state index contributed by atoms with van der Waals surface area (Å²) in [6.45, 7) is 0. The molecule has 2 aromatic carbocycles. The van der Waals surface area contributed by atoms with Gasteiger partial charge in [0.1, 0.15) is 6.04 Å². The first-order valence-electron chi connectivity index (χ1n) is 6.95. The quantitative estimate of drug-likeness (QED) is 0.645. The predicted molar refractivity (Wildman–Crippen MR) is 83.9 cm³/mol. The fraction of sp³-hybridized carbons (Fsp3) is 0.118. The monoisotopic (exact) mass is 296 g/mol. The van der Waals surface area contributed by atoms with Gasteiger partial charge in [-0.15, -0.1) is 0 Å². The molecule has 0 amide bonds. The average molecular weight is 296 g/mol. The Morgan fingerprint density at radius 1 is 1.09 bits per heavy atom. The van der Waals surface area contributed by atoms with Crippen LogP contribution < -0.4 is 5.73 Å². The normalized spacial score (nSPS) is 12.4. The molecule has 5 heteroatoms. The van der Waals surface area contributed by atoms with Crippen molar-refractivity contribution >= 4 is 16.9 Å². The minimum atomic E-state index is -1.06. The van der Waals surface area contributed by atoms with Gasteiger partial charge in [-0.2, -0.15) is 4.73 Å². The van der Waals surface area contributed by atoms with Crippen LogP contribution in [0.1, 0.15) is 5.56 Å². The molecule has 0 radical (unpaired) electrons. The van der Waals surface area contributed by atoms with Gasteiger partial charge in [-0.3, -0.25) is 4.79 Å². The number of rotatable bonds is 4. The van der Waals surface area contributed by atoms with E-state index in [1.54, 1.807) is 6.07 Å². The van der Waals surface area contributed by atoms with Crippen molar-refractivity contribution in [1.29, 1.82) is 0 Å². The van der Waals surface area contributed by atoms with E-state index >= 15 is 0 Å². The summed E-state index contributed by atoms with van der Waals surface area (Å²) < 4.78 is 1.11. The second kappa shape index (κ2) is 5.54. The van der Waals surface area contributed by atoms with Crippen LogP contribution in [0.25, 0.3) is 22.2 Å². The fourth-order valence-electron chi connectivity index (χ4n) is 2.70. The highest BCUT2D eigenvalue weighted by atomic mass is 16.5. The molecule has 3 aromatic rings. The molecule has 3 rings (SSSR count). The van der Waals surface area contributed by atoms with Crippen LogP contribution in [0.5, 0.6) is 0 Å². The van der Waals surface area contributed by atoms with Crippen LogP contribution in [0.4, 0.5) is 0 Å². The average Bonchev–Trinajstić information content (AvgIpc) is 2.81. The third kappa shape index (κ3) is 2.31. The van der Waals surface area contributed by atoms with Crippen molar-refractivity contribution < 1.29 is 15.1 Å². The van der Waals surface area contributed by atoms with Gasteiger partial charge in [0.2, 0.25) is 0 Å². The highest BCUT2D eigenvalue weighted by Gasteiger charge is 2.22. The standard InChI is InChI=1S/C17H16N2O3/c18-14(17(20)21)10-13-12-8-4-5-9-15(12)19(22)16(13)11-6-2-1-3-7-11/h1-9,14,22H,10,18H2,(H,20,21). The third-order valence-corrected chi connectivity index (χ3v) is 3.74. The van der Waals surface area contributed by atoms with Crippen molar-refractivity contribution in [2.45, 2.75) is 12.5 Å². The number of para-hydroxylation sites is 1. The zero-order chi connectivity index (χ0) is 15.7. The van der Waals surface area contributed by atoms with E-state index in [1.807, 2.05) is 48.5 Å². The second-order valence-corrected chi connectivity index (χ2v) is 5.17. The van der Waals surface area contributed by atoms with E-state index in [9.17, 15) is 10.0 Å². The molecule has 22 heavy (non-hydrogen) atoms. The minimum absolute atomic E-state index is 0.146. The lowest BCUT2D eigenvalue weighted by Crippen LogP contribution is -2.32. The van der Waals surface area contributed by atoms with E-state index in [4.69, 9.17) is 10.8 Å². The lowest BCUT2D eigenvalue weighted by molar-refractivity contribution is -0.138. The lowest BCUT2D eigenvalue weighted by Gasteiger charge is -2.09. The molecule has 0 bridgehead atoms. The van der Waals surface area contributed by atoms with Crippen molar-refractivity contribution in [3.8, 4) is 11.3 Å². The number of hydrogen-bond donors (Lipinski definition) is 3. The molecule has 1 atom stereocenters. The predicted octanol–water partition coefficient (Wildman–Crippen LogP) is 2.50. The number of fused-ring (bicyclic) bond motifs is 1. The van der Waals surface area contributed by atoms with E-state index in [0.717, 1.165) is 21.2 Å². The molecular formula is C17H16N2O3. The summed E-state index contributed by atoms with van der Waals surface area (Å²) in [5.41, 5.74) is 8.47. The Morgan fingerprint density at radius 3 is 2.41 bits per heavy atom. The summed E-state index contributed by atoms with van der Waals surface area (Å²) in [5.74, 6) is -1.06. The van der Waals surface area contributed by atoms with Gasteiger partial charge < -0.3 is 16.0 Å². The van der Waals surface area contributed by atoms with E-state index in [-0.39, 0.29) is 6.42 Å². The minimum Gasteiger partial charge on any atom is -0.480 e. The number of aromatic nitrogens is 1. The number of nitrogens with two attached hydrogens (primary N) is 1. The Morgan fingerprint density at radius 2 is 1.73 bits per heavy atom. The van der Waals surface area contributed by atoms with Crippen LogP contribution in [0.3, 0.4) is 0 Å². The molecule has 0 spiro atoms. The van der Waals surface area contributed by atoms with Crippen LogP contribution in [0.15, 0.2) is 54.6 Å². The summed E-state index contributed by atoms with van der Waals surface area (Å²) in [7, 11) is 0. The molecule has 0 aliphatic carbocycles. The SMILES string of the molecule is NC(Cc1c(-c2ccccc2)n(O)c2ccccc12)C(=O)O. The molecule has 0 saturated heterocycles. The Bertz CT molecular complexity index is 825. The number of benzene rings is 2. The number of carbonyl (C=O) groups is 1. The van der Waals surface area contributed by atoms with Crippen LogP contribution in [-0.2, 0) is 11.2 Å². The number of carboxylic acids is 1. The lowest BCUT2D eigenvalue weighted by atomic mass is 9.99. The van der Waals surface area contributed by atoms with Crippen molar-refractivity contribution in [2.24, 2.45) is 5.73 Å². The van der Waals surface area contributed by atoms with Crippen molar-refractivity contribution in [2.75, 3.05) is 0 Å². The van der Waals surface area contributed by atoms with E-state index in [1.165, 1.54) is 0 Å². The summed E-state index contributed by atoms with van der Waals surface area (Å²) in [5, 5.41) is 20.4. The Labute approximate surface area is 127 Å². The van der Waals surface area contributed by atoms with Crippen molar-refractivity contribution in [1.82, 2.24) is 4.73 Å². The maximum atomic E-state index is 11.1. The molecule has 0 saturated carbocycles. The van der Waals surface area contributed by atoms with Gasteiger partial charge in [0.25, 0.3) is 0 Å². The second-order valence-electron chi connectivity index (χ2n) is 5.17. The van der Waals surface area contributed by atoms with Gasteiger partial charge in [0.05, 0.1) is 11.2 Å². The first-order valence-corrected chi connectivity index (χ1v) is 6.95. The van der Waals surface area contributed by atoms with Gasteiger partial charge in [-0.05, 0) is 11.6 Å². The highest BCUT2D eigenvalue weighted by Crippen LogP contribution is 2.33. The maximum Gasteiger partial charge on any atom is 0.320 e. The van der Waals surface area contributed by atoms with E-state index in [2.05, 4.69) is 0 Å². The molecule has 5 nitrogen and oxygen atoms in total.